The summed E-state index contributed by atoms with van der Waals surface area (Å²) in [6.07, 6.45) is 1.75. The van der Waals surface area contributed by atoms with Gasteiger partial charge in [0.05, 0.1) is 11.7 Å². The number of hydrazine groups is 1. The first-order valence-corrected chi connectivity index (χ1v) is 5.71. The summed E-state index contributed by atoms with van der Waals surface area (Å²) in [5, 5.41) is 4.90. The van der Waals surface area contributed by atoms with Crippen LogP contribution in [0.25, 0.3) is 0 Å². The van der Waals surface area contributed by atoms with Gasteiger partial charge in [-0.05, 0) is 30.2 Å². The van der Waals surface area contributed by atoms with Crippen molar-refractivity contribution in [3.63, 3.8) is 0 Å². The predicted molar refractivity (Wildman–Crippen MR) is 68.6 cm³/mol. The summed E-state index contributed by atoms with van der Waals surface area (Å²) in [6.45, 7) is 1.97. The van der Waals surface area contributed by atoms with Crippen LogP contribution >= 0.6 is 11.6 Å². The number of nitrogens with two attached hydrogens (primary N) is 1. The third-order valence-corrected chi connectivity index (χ3v) is 3.26. The first kappa shape index (κ1) is 12.1. The predicted octanol–water partition coefficient (Wildman–Crippen LogP) is 1.93. The lowest BCUT2D eigenvalue weighted by Crippen LogP contribution is -2.30. The average Bonchev–Trinajstić information content (AvgIpc) is 2.71. The lowest BCUT2D eigenvalue weighted by Gasteiger charge is -2.17. The minimum Gasteiger partial charge on any atom is -0.271 e. The van der Waals surface area contributed by atoms with Crippen molar-refractivity contribution in [3.8, 4) is 0 Å². The summed E-state index contributed by atoms with van der Waals surface area (Å²) in [6, 6.07) is 7.73. The molecule has 4 nitrogen and oxygen atoms in total. The van der Waals surface area contributed by atoms with Gasteiger partial charge in [-0.1, -0.05) is 23.7 Å². The normalized spacial score (nSPS) is 12.7. The second-order valence-corrected chi connectivity index (χ2v) is 4.40. The van der Waals surface area contributed by atoms with Gasteiger partial charge in [0.15, 0.2) is 0 Å². The van der Waals surface area contributed by atoms with E-state index in [0.717, 1.165) is 21.8 Å². The second kappa shape index (κ2) is 4.87. The molecule has 0 aliphatic heterocycles. The molecule has 1 atom stereocenters. The van der Waals surface area contributed by atoms with E-state index in [1.54, 1.807) is 10.9 Å². The fraction of sp³-hybridized carbons (Fsp3) is 0.250. The molecule has 0 saturated heterocycles. The van der Waals surface area contributed by atoms with Gasteiger partial charge in [-0.25, -0.2) is 5.43 Å². The van der Waals surface area contributed by atoms with Gasteiger partial charge in [-0.3, -0.25) is 10.5 Å². The van der Waals surface area contributed by atoms with Crippen LogP contribution in [0, 0.1) is 6.92 Å². The maximum absolute atomic E-state index is 6.02. The van der Waals surface area contributed by atoms with Gasteiger partial charge in [0.1, 0.15) is 0 Å². The van der Waals surface area contributed by atoms with E-state index in [1.807, 2.05) is 38.2 Å². The Morgan fingerprint density at radius 2 is 2.18 bits per heavy atom. The third kappa shape index (κ3) is 2.34. The SMILES string of the molecule is Cc1cc(C(NN)c2ccnn2C)ccc1Cl. The lowest BCUT2D eigenvalue weighted by molar-refractivity contribution is 0.575. The molecular formula is C12H15ClN4. The molecule has 0 amide bonds. The molecular weight excluding hydrogens is 236 g/mol. The number of aromatic nitrogens is 2. The Labute approximate surface area is 105 Å². The van der Waals surface area contributed by atoms with Crippen molar-refractivity contribution in [2.75, 3.05) is 0 Å². The molecule has 0 radical (unpaired) electrons. The number of hydrogen-bond acceptors (Lipinski definition) is 3. The highest BCUT2D eigenvalue weighted by Crippen LogP contribution is 2.24. The van der Waals surface area contributed by atoms with Gasteiger partial charge >= 0.3 is 0 Å². The molecule has 1 unspecified atom stereocenters. The smallest absolute Gasteiger partial charge is 0.0878 e. The molecule has 5 heteroatoms. The van der Waals surface area contributed by atoms with Crippen LogP contribution in [0.4, 0.5) is 0 Å². The highest BCUT2D eigenvalue weighted by Gasteiger charge is 2.16. The third-order valence-electron chi connectivity index (χ3n) is 2.84. The number of aryl methyl sites for hydroxylation is 2. The molecule has 1 aromatic heterocycles. The molecule has 1 heterocycles. The molecule has 0 aliphatic carbocycles. The summed E-state index contributed by atoms with van der Waals surface area (Å²) in [4.78, 5) is 0. The highest BCUT2D eigenvalue weighted by atomic mass is 35.5. The van der Waals surface area contributed by atoms with E-state index in [4.69, 9.17) is 17.4 Å². The average molecular weight is 251 g/mol. The van der Waals surface area contributed by atoms with Crippen molar-refractivity contribution < 1.29 is 0 Å². The summed E-state index contributed by atoms with van der Waals surface area (Å²) in [5.74, 6) is 5.63. The zero-order chi connectivity index (χ0) is 12.4. The van der Waals surface area contributed by atoms with E-state index in [0.29, 0.717) is 0 Å². The fourth-order valence-electron chi connectivity index (χ4n) is 1.87. The molecule has 3 N–H and O–H groups in total. The molecule has 2 aromatic rings. The number of nitrogens with zero attached hydrogens (tertiary/aromatic N) is 2. The van der Waals surface area contributed by atoms with Crippen LogP contribution < -0.4 is 11.3 Å². The van der Waals surface area contributed by atoms with Crippen LogP contribution in [0.1, 0.15) is 22.9 Å². The first-order chi connectivity index (χ1) is 8.13. The van der Waals surface area contributed by atoms with E-state index in [1.165, 1.54) is 0 Å². The number of hydrogen-bond donors (Lipinski definition) is 2. The van der Waals surface area contributed by atoms with Gasteiger partial charge in [0, 0.05) is 18.3 Å². The standard InChI is InChI=1S/C12H15ClN4/c1-8-7-9(3-4-10(8)13)12(16-14)11-5-6-15-17(11)2/h3-7,12,16H,14H2,1-2H3. The van der Waals surface area contributed by atoms with E-state index in [9.17, 15) is 0 Å². The van der Waals surface area contributed by atoms with Gasteiger partial charge in [-0.2, -0.15) is 5.10 Å². The molecule has 2 rings (SSSR count). The summed E-state index contributed by atoms with van der Waals surface area (Å²) >= 11 is 6.02. The molecule has 17 heavy (non-hydrogen) atoms. The number of nitrogens with one attached hydrogen (secondary N) is 1. The van der Waals surface area contributed by atoms with Crippen LogP contribution in [-0.4, -0.2) is 9.78 Å². The van der Waals surface area contributed by atoms with Crippen molar-refractivity contribution in [1.82, 2.24) is 15.2 Å². The monoisotopic (exact) mass is 250 g/mol. The summed E-state index contributed by atoms with van der Waals surface area (Å²) < 4.78 is 1.80. The van der Waals surface area contributed by atoms with Gasteiger partial charge < -0.3 is 0 Å². The Morgan fingerprint density at radius 1 is 1.41 bits per heavy atom. The molecule has 90 valence electrons. The Hall–Kier alpha value is -1.36. The maximum atomic E-state index is 6.02. The van der Waals surface area contributed by atoms with Crippen LogP contribution in [0.5, 0.6) is 0 Å². The number of rotatable bonds is 3. The van der Waals surface area contributed by atoms with E-state index >= 15 is 0 Å². The van der Waals surface area contributed by atoms with E-state index in [-0.39, 0.29) is 6.04 Å². The number of benzene rings is 1. The van der Waals surface area contributed by atoms with E-state index in [2.05, 4.69) is 10.5 Å². The van der Waals surface area contributed by atoms with Crippen LogP contribution in [0.15, 0.2) is 30.5 Å². The Bertz CT molecular complexity index is 521. The number of halogens is 1. The Kier molecular flexibility index (Phi) is 3.47. The van der Waals surface area contributed by atoms with Crippen molar-refractivity contribution in [3.05, 3.63) is 52.3 Å². The van der Waals surface area contributed by atoms with Crippen molar-refractivity contribution in [1.29, 1.82) is 0 Å². The van der Waals surface area contributed by atoms with Crippen molar-refractivity contribution in [2.45, 2.75) is 13.0 Å². The van der Waals surface area contributed by atoms with Gasteiger partial charge in [0.25, 0.3) is 0 Å². The largest absolute Gasteiger partial charge is 0.271 e. The van der Waals surface area contributed by atoms with Crippen molar-refractivity contribution >= 4 is 11.6 Å². The first-order valence-electron chi connectivity index (χ1n) is 5.33. The fourth-order valence-corrected chi connectivity index (χ4v) is 1.98. The maximum Gasteiger partial charge on any atom is 0.0878 e. The second-order valence-electron chi connectivity index (χ2n) is 3.99. The summed E-state index contributed by atoms with van der Waals surface area (Å²) in [7, 11) is 1.89. The Morgan fingerprint density at radius 3 is 2.71 bits per heavy atom. The van der Waals surface area contributed by atoms with Crippen molar-refractivity contribution in [2.24, 2.45) is 12.9 Å². The van der Waals surface area contributed by atoms with Gasteiger partial charge in [0.2, 0.25) is 0 Å². The molecule has 0 aliphatic rings. The molecule has 0 spiro atoms. The van der Waals surface area contributed by atoms with E-state index < -0.39 is 0 Å². The lowest BCUT2D eigenvalue weighted by atomic mass is 10.0. The van der Waals surface area contributed by atoms with Crippen LogP contribution in [0.3, 0.4) is 0 Å². The summed E-state index contributed by atoms with van der Waals surface area (Å²) in [5.41, 5.74) is 5.91. The Balaban J connectivity index is 2.42. The quantitative estimate of drug-likeness (QED) is 0.647. The molecule has 0 fully saturated rings. The van der Waals surface area contributed by atoms with Gasteiger partial charge in [-0.15, -0.1) is 0 Å². The zero-order valence-electron chi connectivity index (χ0n) is 9.81. The zero-order valence-corrected chi connectivity index (χ0v) is 10.6. The van der Waals surface area contributed by atoms with Crippen LogP contribution in [0.2, 0.25) is 5.02 Å². The topological polar surface area (TPSA) is 55.9 Å². The van der Waals surface area contributed by atoms with Crippen LogP contribution in [-0.2, 0) is 7.05 Å². The highest BCUT2D eigenvalue weighted by molar-refractivity contribution is 6.31. The molecule has 1 aromatic carbocycles. The molecule has 0 saturated carbocycles. The molecule has 0 bridgehead atoms. The minimum atomic E-state index is -0.0848. The minimum absolute atomic E-state index is 0.0848.